The maximum absolute atomic E-state index is 13.3. The molecule has 0 saturated heterocycles. The van der Waals surface area contributed by atoms with Gasteiger partial charge in [-0.2, -0.15) is 0 Å². The number of hydrogen-bond acceptors (Lipinski definition) is 1. The van der Waals surface area contributed by atoms with Crippen molar-refractivity contribution >= 4 is 10.9 Å². The zero-order valence-corrected chi connectivity index (χ0v) is 11.2. The van der Waals surface area contributed by atoms with Crippen LogP contribution in [0.15, 0.2) is 54.7 Å². The van der Waals surface area contributed by atoms with E-state index >= 15 is 0 Å². The van der Waals surface area contributed by atoms with Gasteiger partial charge in [0.25, 0.3) is 0 Å². The number of aromatic nitrogens is 1. The molecule has 0 aliphatic heterocycles. The highest BCUT2D eigenvalue weighted by molar-refractivity contribution is 5.85. The molecule has 2 N–H and O–H groups in total. The summed E-state index contributed by atoms with van der Waals surface area (Å²) in [5, 5.41) is 1.17. The molecule has 0 amide bonds. The summed E-state index contributed by atoms with van der Waals surface area (Å²) in [4.78, 5) is 0. The first kappa shape index (κ1) is 12.9. The molecule has 0 saturated carbocycles. The summed E-state index contributed by atoms with van der Waals surface area (Å²) in [5.74, 6) is -0.205. The van der Waals surface area contributed by atoms with Gasteiger partial charge in [-0.3, -0.25) is 0 Å². The van der Waals surface area contributed by atoms with Gasteiger partial charge in [0, 0.05) is 23.6 Å². The fraction of sp³-hybridized carbons (Fsp3) is 0.176. The molecule has 3 rings (SSSR count). The molecule has 1 heterocycles. The van der Waals surface area contributed by atoms with E-state index in [1.165, 1.54) is 17.0 Å². The summed E-state index contributed by atoms with van der Waals surface area (Å²) in [5.41, 5.74) is 8.69. The molecule has 20 heavy (non-hydrogen) atoms. The smallest absolute Gasteiger partial charge is 0.123 e. The normalized spacial score (nSPS) is 11.1. The molecule has 0 atom stereocenters. The fourth-order valence-electron chi connectivity index (χ4n) is 2.50. The van der Waals surface area contributed by atoms with Gasteiger partial charge in [-0.05, 0) is 54.4 Å². The van der Waals surface area contributed by atoms with Crippen LogP contribution in [0.5, 0.6) is 0 Å². The molecule has 0 aliphatic rings. The predicted octanol–water partition coefficient (Wildman–Crippen LogP) is 3.80. The summed E-state index contributed by atoms with van der Waals surface area (Å²) in [6, 6.07) is 15.0. The average molecular weight is 268 g/mol. The van der Waals surface area contributed by atoms with Crippen molar-refractivity contribution in [3.8, 4) is 11.1 Å². The minimum atomic E-state index is -0.205. The molecular formula is C17H17FN2. The Bertz CT molecular complexity index is 731. The van der Waals surface area contributed by atoms with Gasteiger partial charge in [0.1, 0.15) is 5.82 Å². The third-order valence-electron chi connectivity index (χ3n) is 3.53. The zero-order chi connectivity index (χ0) is 13.9. The van der Waals surface area contributed by atoms with Gasteiger partial charge < -0.3 is 10.3 Å². The van der Waals surface area contributed by atoms with E-state index in [0.29, 0.717) is 6.54 Å². The minimum Gasteiger partial charge on any atom is -0.347 e. The van der Waals surface area contributed by atoms with Crippen LogP contribution in [0.1, 0.15) is 6.42 Å². The van der Waals surface area contributed by atoms with E-state index in [0.717, 1.165) is 24.1 Å². The Hall–Kier alpha value is -2.13. The Morgan fingerprint density at radius 1 is 1.00 bits per heavy atom. The fourth-order valence-corrected chi connectivity index (χ4v) is 2.50. The summed E-state index contributed by atoms with van der Waals surface area (Å²) in [6.07, 6.45) is 3.05. The molecular weight excluding hydrogens is 251 g/mol. The number of nitrogens with two attached hydrogens (primary N) is 1. The van der Waals surface area contributed by atoms with Crippen LogP contribution >= 0.6 is 0 Å². The van der Waals surface area contributed by atoms with Gasteiger partial charge in [-0.1, -0.05) is 18.2 Å². The second-order valence-electron chi connectivity index (χ2n) is 4.94. The second kappa shape index (κ2) is 5.47. The van der Waals surface area contributed by atoms with E-state index in [4.69, 9.17) is 5.73 Å². The third-order valence-corrected chi connectivity index (χ3v) is 3.53. The zero-order valence-electron chi connectivity index (χ0n) is 11.2. The molecule has 2 nitrogen and oxygen atoms in total. The van der Waals surface area contributed by atoms with Crippen molar-refractivity contribution < 1.29 is 4.39 Å². The van der Waals surface area contributed by atoms with Crippen molar-refractivity contribution in [3.63, 3.8) is 0 Å². The Balaban J connectivity index is 1.99. The van der Waals surface area contributed by atoms with E-state index in [-0.39, 0.29) is 5.82 Å². The van der Waals surface area contributed by atoms with E-state index in [9.17, 15) is 4.39 Å². The summed E-state index contributed by atoms with van der Waals surface area (Å²) >= 11 is 0. The number of benzene rings is 2. The van der Waals surface area contributed by atoms with Crippen LogP contribution in [0.2, 0.25) is 0 Å². The van der Waals surface area contributed by atoms with E-state index < -0.39 is 0 Å². The molecule has 0 aliphatic carbocycles. The van der Waals surface area contributed by atoms with Gasteiger partial charge in [0.2, 0.25) is 0 Å². The Labute approximate surface area is 117 Å². The molecule has 0 radical (unpaired) electrons. The third kappa shape index (κ3) is 2.45. The Kier molecular flexibility index (Phi) is 3.52. The first-order valence-electron chi connectivity index (χ1n) is 6.83. The Morgan fingerprint density at radius 2 is 1.85 bits per heavy atom. The molecule has 2 aromatic carbocycles. The molecule has 3 aromatic rings. The topological polar surface area (TPSA) is 30.9 Å². The van der Waals surface area contributed by atoms with Crippen LogP contribution in [-0.4, -0.2) is 11.1 Å². The van der Waals surface area contributed by atoms with Crippen LogP contribution in [0.3, 0.4) is 0 Å². The first-order valence-corrected chi connectivity index (χ1v) is 6.83. The summed E-state index contributed by atoms with van der Waals surface area (Å²) in [6.45, 7) is 1.63. The molecule has 102 valence electrons. The van der Waals surface area contributed by atoms with Crippen LogP contribution in [0.4, 0.5) is 4.39 Å². The lowest BCUT2D eigenvalue weighted by Gasteiger charge is -2.06. The molecule has 0 fully saturated rings. The quantitative estimate of drug-likeness (QED) is 0.766. The van der Waals surface area contributed by atoms with Crippen molar-refractivity contribution in [1.29, 1.82) is 0 Å². The maximum Gasteiger partial charge on any atom is 0.123 e. The number of halogens is 1. The van der Waals surface area contributed by atoms with Crippen molar-refractivity contribution in [3.05, 3.63) is 60.5 Å². The largest absolute Gasteiger partial charge is 0.347 e. The second-order valence-corrected chi connectivity index (χ2v) is 4.94. The molecule has 0 spiro atoms. The van der Waals surface area contributed by atoms with Gasteiger partial charge in [-0.15, -0.1) is 0 Å². The number of aryl methyl sites for hydroxylation is 1. The van der Waals surface area contributed by atoms with Crippen molar-refractivity contribution in [2.24, 2.45) is 5.73 Å². The van der Waals surface area contributed by atoms with E-state index in [1.807, 2.05) is 12.1 Å². The Morgan fingerprint density at radius 3 is 2.65 bits per heavy atom. The SMILES string of the molecule is NCCCn1ccc2cc(-c3cccc(F)c3)ccc21. The lowest BCUT2D eigenvalue weighted by atomic mass is 10.0. The number of rotatable bonds is 4. The molecule has 3 heteroatoms. The first-order chi connectivity index (χ1) is 9.78. The van der Waals surface area contributed by atoms with Gasteiger partial charge in [0.15, 0.2) is 0 Å². The van der Waals surface area contributed by atoms with Crippen molar-refractivity contribution in [2.45, 2.75) is 13.0 Å². The molecule has 1 aromatic heterocycles. The lowest BCUT2D eigenvalue weighted by molar-refractivity contribution is 0.628. The maximum atomic E-state index is 13.3. The van der Waals surface area contributed by atoms with Crippen LogP contribution in [0.25, 0.3) is 22.0 Å². The highest BCUT2D eigenvalue weighted by Gasteiger charge is 2.04. The minimum absolute atomic E-state index is 0.205. The van der Waals surface area contributed by atoms with E-state index in [1.54, 1.807) is 12.1 Å². The van der Waals surface area contributed by atoms with Crippen LogP contribution in [-0.2, 0) is 6.54 Å². The van der Waals surface area contributed by atoms with Gasteiger partial charge in [-0.25, -0.2) is 4.39 Å². The van der Waals surface area contributed by atoms with Gasteiger partial charge >= 0.3 is 0 Å². The lowest BCUT2D eigenvalue weighted by Crippen LogP contribution is -2.04. The van der Waals surface area contributed by atoms with Crippen molar-refractivity contribution in [1.82, 2.24) is 4.57 Å². The van der Waals surface area contributed by atoms with Crippen LogP contribution < -0.4 is 5.73 Å². The van der Waals surface area contributed by atoms with Crippen LogP contribution in [0, 0.1) is 5.82 Å². The number of fused-ring (bicyclic) bond motifs is 1. The standard InChI is InChI=1S/C17H17FN2/c18-16-4-1-3-13(12-16)14-5-6-17-15(11-14)7-10-20(17)9-2-8-19/h1,3-7,10-12H,2,8-9,19H2. The highest BCUT2D eigenvalue weighted by Crippen LogP contribution is 2.25. The van der Waals surface area contributed by atoms with E-state index in [2.05, 4.69) is 29.0 Å². The molecule has 0 bridgehead atoms. The number of nitrogens with zero attached hydrogens (tertiary/aromatic N) is 1. The highest BCUT2D eigenvalue weighted by atomic mass is 19.1. The number of hydrogen-bond donors (Lipinski definition) is 1. The van der Waals surface area contributed by atoms with Gasteiger partial charge in [0.05, 0.1) is 0 Å². The molecule has 0 unspecified atom stereocenters. The van der Waals surface area contributed by atoms with Crippen molar-refractivity contribution in [2.75, 3.05) is 6.54 Å². The summed E-state index contributed by atoms with van der Waals surface area (Å²) < 4.78 is 15.5. The summed E-state index contributed by atoms with van der Waals surface area (Å²) in [7, 11) is 0. The predicted molar refractivity (Wildman–Crippen MR) is 81.0 cm³/mol. The average Bonchev–Trinajstić information content (AvgIpc) is 2.87. The monoisotopic (exact) mass is 268 g/mol.